The van der Waals surface area contributed by atoms with Crippen molar-refractivity contribution < 1.29 is 4.79 Å². The third-order valence-electron chi connectivity index (χ3n) is 4.30. The number of hydrogen-bond donors (Lipinski definition) is 0. The molecule has 6 heteroatoms. The van der Waals surface area contributed by atoms with E-state index in [0.717, 1.165) is 48.1 Å². The van der Waals surface area contributed by atoms with E-state index >= 15 is 0 Å². The molecule has 2 aliphatic heterocycles. The molecule has 4 nitrogen and oxygen atoms in total. The molecule has 0 bridgehead atoms. The first-order chi connectivity index (χ1) is 11.3. The molecule has 2 aromatic rings. The highest BCUT2D eigenvalue weighted by Crippen LogP contribution is 2.31. The minimum absolute atomic E-state index is 0.229. The van der Waals surface area contributed by atoms with Crippen LogP contribution in [0.15, 0.2) is 29.6 Å². The summed E-state index contributed by atoms with van der Waals surface area (Å²) in [5.74, 6) is 2.59. The maximum atomic E-state index is 11.9. The fourth-order valence-electron chi connectivity index (χ4n) is 3.05. The third-order valence-corrected chi connectivity index (χ3v) is 6.14. The zero-order valence-corrected chi connectivity index (χ0v) is 14.5. The molecule has 0 spiro atoms. The number of thioether (sulfide) groups is 1. The zero-order valence-electron chi connectivity index (χ0n) is 12.9. The number of benzene rings is 1. The van der Waals surface area contributed by atoms with E-state index in [0.29, 0.717) is 6.42 Å². The van der Waals surface area contributed by atoms with Crippen LogP contribution in [0.5, 0.6) is 0 Å². The van der Waals surface area contributed by atoms with Gasteiger partial charge < -0.3 is 9.80 Å². The summed E-state index contributed by atoms with van der Waals surface area (Å²) in [6, 6.07) is 8.21. The summed E-state index contributed by atoms with van der Waals surface area (Å²) in [6.07, 6.45) is 1.62. The number of thiazole rings is 1. The SMILES string of the molecule is O=C1CCCN1c1cccc(-c2csc(N3CCSCC3)n2)c1. The first kappa shape index (κ1) is 15.0. The predicted molar refractivity (Wildman–Crippen MR) is 98.7 cm³/mol. The fraction of sp³-hybridized carbons (Fsp3) is 0.412. The van der Waals surface area contributed by atoms with Crippen molar-refractivity contribution >= 4 is 39.8 Å². The number of carbonyl (C=O) groups excluding carboxylic acids is 1. The lowest BCUT2D eigenvalue weighted by Crippen LogP contribution is -2.32. The van der Waals surface area contributed by atoms with E-state index in [4.69, 9.17) is 4.98 Å². The molecule has 120 valence electrons. The Morgan fingerprint density at radius 2 is 2.00 bits per heavy atom. The Hall–Kier alpha value is -1.53. The Morgan fingerprint density at radius 3 is 2.78 bits per heavy atom. The van der Waals surface area contributed by atoms with Crippen molar-refractivity contribution in [1.29, 1.82) is 0 Å². The van der Waals surface area contributed by atoms with Gasteiger partial charge in [0.25, 0.3) is 0 Å². The van der Waals surface area contributed by atoms with Gasteiger partial charge in [-0.25, -0.2) is 4.98 Å². The molecule has 1 aromatic heterocycles. The number of aromatic nitrogens is 1. The first-order valence-corrected chi connectivity index (χ1v) is 10.0. The van der Waals surface area contributed by atoms with Gasteiger partial charge in [0.1, 0.15) is 0 Å². The summed E-state index contributed by atoms with van der Waals surface area (Å²) in [6.45, 7) is 3.00. The summed E-state index contributed by atoms with van der Waals surface area (Å²) in [5, 5.41) is 3.24. The van der Waals surface area contributed by atoms with E-state index in [-0.39, 0.29) is 5.91 Å². The number of rotatable bonds is 3. The third kappa shape index (κ3) is 3.10. The highest BCUT2D eigenvalue weighted by molar-refractivity contribution is 7.99. The van der Waals surface area contributed by atoms with Crippen LogP contribution in [0.25, 0.3) is 11.3 Å². The number of nitrogens with zero attached hydrogens (tertiary/aromatic N) is 3. The maximum Gasteiger partial charge on any atom is 0.227 e. The standard InChI is InChI=1S/C17H19N3OS2/c21-16-5-2-6-20(16)14-4-1-3-13(11-14)15-12-23-17(18-15)19-7-9-22-10-8-19/h1,3-4,11-12H,2,5-10H2. The normalized spacial score (nSPS) is 18.7. The average molecular weight is 345 g/mol. The van der Waals surface area contributed by atoms with Crippen LogP contribution in [0, 0.1) is 0 Å². The molecule has 0 saturated carbocycles. The van der Waals surface area contributed by atoms with Gasteiger partial charge in [-0.15, -0.1) is 11.3 Å². The molecule has 0 N–H and O–H groups in total. The van der Waals surface area contributed by atoms with Crippen molar-refractivity contribution in [1.82, 2.24) is 4.98 Å². The lowest BCUT2D eigenvalue weighted by molar-refractivity contribution is -0.117. The molecule has 0 atom stereocenters. The Morgan fingerprint density at radius 1 is 1.13 bits per heavy atom. The Labute approximate surface area is 144 Å². The van der Waals surface area contributed by atoms with Crippen molar-refractivity contribution in [3.63, 3.8) is 0 Å². The molecule has 3 heterocycles. The van der Waals surface area contributed by atoms with Crippen LogP contribution < -0.4 is 9.80 Å². The second-order valence-corrected chi connectivity index (χ2v) is 7.88. The van der Waals surface area contributed by atoms with Crippen molar-refractivity contribution in [2.45, 2.75) is 12.8 Å². The minimum Gasteiger partial charge on any atom is -0.346 e. The molecular formula is C17H19N3OS2. The molecule has 4 rings (SSSR count). The van der Waals surface area contributed by atoms with Gasteiger partial charge in [0, 0.05) is 54.2 Å². The summed E-state index contributed by atoms with van der Waals surface area (Å²) in [4.78, 5) is 21.0. The Balaban J connectivity index is 1.58. The highest BCUT2D eigenvalue weighted by atomic mass is 32.2. The first-order valence-electron chi connectivity index (χ1n) is 8.00. The van der Waals surface area contributed by atoms with Crippen LogP contribution in [0.2, 0.25) is 0 Å². The van der Waals surface area contributed by atoms with Gasteiger partial charge in [-0.2, -0.15) is 11.8 Å². The molecule has 2 fully saturated rings. The van der Waals surface area contributed by atoms with Gasteiger partial charge in [0.2, 0.25) is 5.91 Å². The largest absolute Gasteiger partial charge is 0.346 e. The Bertz CT molecular complexity index is 709. The second kappa shape index (κ2) is 6.53. The molecule has 1 amide bonds. The lowest BCUT2D eigenvalue weighted by Gasteiger charge is -2.25. The number of anilines is 2. The molecule has 2 aliphatic rings. The van der Waals surface area contributed by atoms with Gasteiger partial charge >= 0.3 is 0 Å². The topological polar surface area (TPSA) is 36.4 Å². The summed E-state index contributed by atoms with van der Waals surface area (Å²) in [7, 11) is 0. The van der Waals surface area contributed by atoms with Crippen molar-refractivity contribution in [3.8, 4) is 11.3 Å². The predicted octanol–water partition coefficient (Wildman–Crippen LogP) is 3.49. The average Bonchev–Trinajstić information content (AvgIpc) is 3.25. The van der Waals surface area contributed by atoms with E-state index in [1.54, 1.807) is 11.3 Å². The number of carbonyl (C=O) groups is 1. The smallest absolute Gasteiger partial charge is 0.227 e. The molecule has 0 unspecified atom stereocenters. The van der Waals surface area contributed by atoms with E-state index in [1.165, 1.54) is 11.5 Å². The van der Waals surface area contributed by atoms with E-state index in [9.17, 15) is 4.79 Å². The number of amides is 1. The van der Waals surface area contributed by atoms with Crippen LogP contribution >= 0.6 is 23.1 Å². The van der Waals surface area contributed by atoms with E-state index in [2.05, 4.69) is 22.4 Å². The summed E-state index contributed by atoms with van der Waals surface area (Å²) >= 11 is 3.73. The molecule has 0 aliphatic carbocycles. The maximum absolute atomic E-state index is 11.9. The van der Waals surface area contributed by atoms with Gasteiger partial charge in [0.15, 0.2) is 5.13 Å². The fourth-order valence-corrected chi connectivity index (χ4v) is 4.84. The summed E-state index contributed by atoms with van der Waals surface area (Å²) < 4.78 is 0. The lowest BCUT2D eigenvalue weighted by atomic mass is 10.1. The van der Waals surface area contributed by atoms with E-state index < -0.39 is 0 Å². The summed E-state index contributed by atoms with van der Waals surface area (Å²) in [5.41, 5.74) is 3.10. The molecular weight excluding hydrogens is 326 g/mol. The quantitative estimate of drug-likeness (QED) is 0.853. The monoisotopic (exact) mass is 345 g/mol. The van der Waals surface area contributed by atoms with Crippen LogP contribution in [-0.2, 0) is 4.79 Å². The molecule has 1 aromatic carbocycles. The second-order valence-electron chi connectivity index (χ2n) is 5.81. The van der Waals surface area contributed by atoms with Crippen LogP contribution in [0.1, 0.15) is 12.8 Å². The van der Waals surface area contributed by atoms with Gasteiger partial charge in [-0.3, -0.25) is 4.79 Å². The van der Waals surface area contributed by atoms with E-state index in [1.807, 2.05) is 28.8 Å². The minimum atomic E-state index is 0.229. The molecule has 23 heavy (non-hydrogen) atoms. The molecule has 2 saturated heterocycles. The van der Waals surface area contributed by atoms with Gasteiger partial charge in [0.05, 0.1) is 5.69 Å². The molecule has 0 radical (unpaired) electrons. The van der Waals surface area contributed by atoms with Gasteiger partial charge in [-0.05, 0) is 18.6 Å². The van der Waals surface area contributed by atoms with Crippen LogP contribution in [0.3, 0.4) is 0 Å². The van der Waals surface area contributed by atoms with Crippen molar-refractivity contribution in [2.75, 3.05) is 40.9 Å². The van der Waals surface area contributed by atoms with Crippen LogP contribution in [0.4, 0.5) is 10.8 Å². The van der Waals surface area contributed by atoms with Gasteiger partial charge in [-0.1, -0.05) is 12.1 Å². The van der Waals surface area contributed by atoms with Crippen molar-refractivity contribution in [2.24, 2.45) is 0 Å². The zero-order chi connectivity index (χ0) is 15.6. The highest BCUT2D eigenvalue weighted by Gasteiger charge is 2.22. The number of hydrogen-bond acceptors (Lipinski definition) is 5. The van der Waals surface area contributed by atoms with Crippen LogP contribution in [-0.4, -0.2) is 42.0 Å². The van der Waals surface area contributed by atoms with Crippen molar-refractivity contribution in [3.05, 3.63) is 29.6 Å². The Kier molecular flexibility index (Phi) is 4.27.